The first kappa shape index (κ1) is 22.9. The topological polar surface area (TPSA) is 103 Å². The van der Waals surface area contributed by atoms with Gasteiger partial charge in [0.15, 0.2) is 5.79 Å². The smallest absolute Gasteiger partial charge is 0.306 e. The lowest BCUT2D eigenvalue weighted by molar-refractivity contribution is -0.142. The van der Waals surface area contributed by atoms with Gasteiger partial charge in [0.2, 0.25) is 0 Å². The molecule has 1 heterocycles. The number of rotatable bonds is 11. The molecule has 0 aromatic heterocycles. The number of azide groups is 1. The van der Waals surface area contributed by atoms with Gasteiger partial charge in [0.05, 0.1) is 32.8 Å². The van der Waals surface area contributed by atoms with Gasteiger partial charge in [-0.15, -0.1) is 0 Å². The molecule has 0 bridgehead atoms. The van der Waals surface area contributed by atoms with E-state index in [9.17, 15) is 4.79 Å². The van der Waals surface area contributed by atoms with Crippen molar-refractivity contribution in [3.63, 3.8) is 0 Å². The first-order valence-electron chi connectivity index (χ1n) is 9.67. The Morgan fingerprint density at radius 3 is 2.79 bits per heavy atom. The van der Waals surface area contributed by atoms with Crippen molar-refractivity contribution in [3.8, 4) is 0 Å². The third-order valence-corrected chi connectivity index (χ3v) is 4.52. The van der Waals surface area contributed by atoms with Crippen molar-refractivity contribution >= 4 is 5.97 Å². The van der Waals surface area contributed by atoms with Crippen molar-refractivity contribution in [2.75, 3.05) is 20.3 Å². The second kappa shape index (κ2) is 11.6. The van der Waals surface area contributed by atoms with E-state index in [0.717, 1.165) is 5.56 Å². The average Bonchev–Trinajstić information content (AvgIpc) is 3.01. The molecule has 1 aromatic rings. The summed E-state index contributed by atoms with van der Waals surface area (Å²) in [6.45, 7) is 4.84. The summed E-state index contributed by atoms with van der Waals surface area (Å²) in [6, 6.07) is 9.93. The fourth-order valence-electron chi connectivity index (χ4n) is 3.11. The summed E-state index contributed by atoms with van der Waals surface area (Å²) in [6.07, 6.45) is 3.99. The minimum Gasteiger partial charge on any atom is -0.469 e. The van der Waals surface area contributed by atoms with Crippen molar-refractivity contribution in [2.45, 2.75) is 51.3 Å². The summed E-state index contributed by atoms with van der Waals surface area (Å²) >= 11 is 0. The number of benzene rings is 1. The lowest BCUT2D eigenvalue weighted by Crippen LogP contribution is -2.24. The van der Waals surface area contributed by atoms with E-state index in [2.05, 4.69) is 10.0 Å². The highest BCUT2D eigenvalue weighted by Crippen LogP contribution is 2.29. The van der Waals surface area contributed by atoms with Gasteiger partial charge < -0.3 is 18.9 Å². The van der Waals surface area contributed by atoms with Crippen molar-refractivity contribution in [1.82, 2.24) is 0 Å². The van der Waals surface area contributed by atoms with Gasteiger partial charge in [-0.2, -0.15) is 0 Å². The Hall–Kier alpha value is -2.38. The van der Waals surface area contributed by atoms with E-state index in [1.807, 2.05) is 56.3 Å². The first-order valence-corrected chi connectivity index (χ1v) is 9.67. The Kier molecular flexibility index (Phi) is 9.15. The molecular formula is C21H29N3O5. The van der Waals surface area contributed by atoms with Crippen LogP contribution in [0.1, 0.15) is 32.3 Å². The number of methoxy groups -OCH3 is 1. The fourth-order valence-corrected chi connectivity index (χ4v) is 3.11. The average molecular weight is 403 g/mol. The van der Waals surface area contributed by atoms with Crippen LogP contribution < -0.4 is 0 Å². The Bertz CT molecular complexity index is 716. The van der Waals surface area contributed by atoms with Crippen LogP contribution in [0.2, 0.25) is 0 Å². The molecule has 8 heteroatoms. The normalized spacial score (nSPS) is 21.6. The maximum absolute atomic E-state index is 11.8. The van der Waals surface area contributed by atoms with Gasteiger partial charge in [0, 0.05) is 11.5 Å². The molecule has 2 rings (SSSR count). The van der Waals surface area contributed by atoms with Crippen molar-refractivity contribution in [3.05, 3.63) is 58.5 Å². The summed E-state index contributed by atoms with van der Waals surface area (Å²) < 4.78 is 22.2. The zero-order valence-electron chi connectivity index (χ0n) is 17.2. The second-order valence-electron chi connectivity index (χ2n) is 7.30. The number of nitrogens with zero attached hydrogens (tertiary/aromatic N) is 3. The monoisotopic (exact) mass is 403 g/mol. The lowest BCUT2D eigenvalue weighted by Gasteiger charge is -2.16. The van der Waals surface area contributed by atoms with Crippen LogP contribution in [0.4, 0.5) is 0 Å². The number of allylic oxidation sites excluding steroid dienone is 1. The van der Waals surface area contributed by atoms with Crippen LogP contribution in [0, 0.1) is 5.92 Å². The van der Waals surface area contributed by atoms with Crippen molar-refractivity contribution in [1.29, 1.82) is 0 Å². The maximum Gasteiger partial charge on any atom is 0.306 e. The fraction of sp³-hybridized carbons (Fsp3) is 0.571. The highest BCUT2D eigenvalue weighted by molar-refractivity contribution is 5.69. The van der Waals surface area contributed by atoms with Crippen molar-refractivity contribution < 1.29 is 23.7 Å². The number of ether oxygens (including phenoxy) is 4. The van der Waals surface area contributed by atoms with E-state index >= 15 is 0 Å². The Labute approximate surface area is 171 Å². The van der Waals surface area contributed by atoms with Gasteiger partial charge in [0.25, 0.3) is 0 Å². The SMILES string of the molecule is COC(=O)C[C@H](/C=C/[C@@H]1OC(C)(C)OC1CN=[N+]=[N-])CCOCc1ccccc1. The third-order valence-electron chi connectivity index (χ3n) is 4.52. The standard InChI is InChI=1S/C21H29N3O5/c1-21(2)28-18(19(29-21)14-23-24-22)10-9-16(13-20(25)26-3)11-12-27-15-17-7-5-4-6-8-17/h4-10,16,18-19H,11-15H2,1-3H3/b10-9+/t16-,18+,19?/m1/s1. The molecule has 158 valence electrons. The molecule has 0 spiro atoms. The molecular weight excluding hydrogens is 374 g/mol. The largest absolute Gasteiger partial charge is 0.469 e. The van der Waals surface area contributed by atoms with Crippen LogP contribution in [0.5, 0.6) is 0 Å². The summed E-state index contributed by atoms with van der Waals surface area (Å²) in [5.74, 6) is -1.11. The summed E-state index contributed by atoms with van der Waals surface area (Å²) in [4.78, 5) is 14.6. The van der Waals surface area contributed by atoms with Crippen LogP contribution >= 0.6 is 0 Å². The zero-order chi connectivity index (χ0) is 21.1. The first-order chi connectivity index (χ1) is 13.9. The molecule has 1 unspecified atom stereocenters. The zero-order valence-corrected chi connectivity index (χ0v) is 17.2. The number of carbonyl (C=O) groups is 1. The quantitative estimate of drug-likeness (QED) is 0.138. The molecule has 0 amide bonds. The van der Waals surface area contributed by atoms with E-state index in [4.69, 9.17) is 24.5 Å². The number of esters is 1. The Balaban J connectivity index is 1.93. The molecule has 1 saturated heterocycles. The van der Waals surface area contributed by atoms with Gasteiger partial charge >= 0.3 is 5.97 Å². The molecule has 0 saturated carbocycles. The van der Waals surface area contributed by atoms with Gasteiger partial charge in [-0.25, -0.2) is 0 Å². The van der Waals surface area contributed by atoms with Crippen LogP contribution in [0.25, 0.3) is 10.4 Å². The van der Waals surface area contributed by atoms with E-state index in [1.165, 1.54) is 7.11 Å². The Morgan fingerprint density at radius 2 is 2.10 bits per heavy atom. The Morgan fingerprint density at radius 1 is 1.34 bits per heavy atom. The number of hydrogen-bond donors (Lipinski definition) is 0. The minimum atomic E-state index is -0.763. The summed E-state index contributed by atoms with van der Waals surface area (Å²) in [5, 5.41) is 3.60. The summed E-state index contributed by atoms with van der Waals surface area (Å²) in [7, 11) is 1.38. The van der Waals surface area contributed by atoms with Crippen LogP contribution in [-0.2, 0) is 30.3 Å². The third kappa shape index (κ3) is 8.25. The molecule has 1 aliphatic heterocycles. The highest BCUT2D eigenvalue weighted by Gasteiger charge is 2.39. The lowest BCUT2D eigenvalue weighted by atomic mass is 10.00. The molecule has 1 aromatic carbocycles. The van der Waals surface area contributed by atoms with Gasteiger partial charge in [-0.1, -0.05) is 47.6 Å². The predicted octanol–water partition coefficient (Wildman–Crippen LogP) is 4.16. The van der Waals surface area contributed by atoms with Crippen LogP contribution in [0.15, 0.2) is 47.6 Å². The minimum absolute atomic E-state index is 0.0642. The van der Waals surface area contributed by atoms with Gasteiger partial charge in [-0.05, 0) is 37.3 Å². The molecule has 0 N–H and O–H groups in total. The predicted molar refractivity (Wildman–Crippen MR) is 108 cm³/mol. The number of hydrogen-bond acceptors (Lipinski definition) is 6. The number of carbonyl (C=O) groups excluding carboxylic acids is 1. The molecule has 1 aliphatic rings. The van der Waals surface area contributed by atoms with Crippen LogP contribution in [-0.4, -0.2) is 44.2 Å². The van der Waals surface area contributed by atoms with Crippen LogP contribution in [0.3, 0.4) is 0 Å². The second-order valence-corrected chi connectivity index (χ2v) is 7.30. The summed E-state index contributed by atoms with van der Waals surface area (Å²) in [5.41, 5.74) is 9.67. The van der Waals surface area contributed by atoms with E-state index < -0.39 is 5.79 Å². The molecule has 0 aliphatic carbocycles. The molecule has 1 fully saturated rings. The molecule has 0 radical (unpaired) electrons. The van der Waals surface area contributed by atoms with Gasteiger partial charge in [0.1, 0.15) is 6.10 Å². The van der Waals surface area contributed by atoms with E-state index in [1.54, 1.807) is 0 Å². The highest BCUT2D eigenvalue weighted by atomic mass is 16.7. The maximum atomic E-state index is 11.8. The molecule has 29 heavy (non-hydrogen) atoms. The van der Waals surface area contributed by atoms with E-state index in [-0.39, 0.29) is 37.1 Å². The molecule has 8 nitrogen and oxygen atoms in total. The van der Waals surface area contributed by atoms with Crippen molar-refractivity contribution in [2.24, 2.45) is 11.0 Å². The molecule has 3 atom stereocenters. The van der Waals surface area contributed by atoms with Gasteiger partial charge in [-0.3, -0.25) is 4.79 Å². The van der Waals surface area contributed by atoms with E-state index in [0.29, 0.717) is 19.6 Å².